The molecule has 1 N–H and O–H groups in total. The molecule has 10 heteroatoms. The maximum Gasteiger partial charge on any atom is 0.358 e. The van der Waals surface area contributed by atoms with Gasteiger partial charge in [-0.15, -0.1) is 0 Å². The molecule has 0 amide bonds. The summed E-state index contributed by atoms with van der Waals surface area (Å²) in [6.07, 6.45) is -0.303. The van der Waals surface area contributed by atoms with Crippen molar-refractivity contribution in [1.82, 2.24) is 14.6 Å². The SMILES string of the molecule is COC(=O)c1cc2ncc(C(=O)O)c([C@H](C)OC(F)F)n2n1. The Hall–Kier alpha value is -2.62. The Morgan fingerprint density at radius 1 is 1.41 bits per heavy atom. The van der Waals surface area contributed by atoms with Crippen molar-refractivity contribution in [3.05, 3.63) is 29.2 Å². The van der Waals surface area contributed by atoms with Crippen LogP contribution in [0.25, 0.3) is 5.65 Å². The second kappa shape index (κ2) is 6.02. The molecule has 0 saturated heterocycles. The molecule has 0 aliphatic rings. The summed E-state index contributed by atoms with van der Waals surface area (Å²) in [5.74, 6) is -2.15. The first-order chi connectivity index (χ1) is 10.3. The quantitative estimate of drug-likeness (QED) is 0.834. The molecule has 118 valence electrons. The van der Waals surface area contributed by atoms with Crippen LogP contribution >= 0.6 is 0 Å². The van der Waals surface area contributed by atoms with Gasteiger partial charge in [0.15, 0.2) is 11.3 Å². The van der Waals surface area contributed by atoms with Gasteiger partial charge in [-0.3, -0.25) is 0 Å². The number of carboxylic acid groups (broad SMARTS) is 1. The van der Waals surface area contributed by atoms with Crippen molar-refractivity contribution < 1.29 is 33.0 Å². The lowest BCUT2D eigenvalue weighted by Crippen LogP contribution is -2.17. The van der Waals surface area contributed by atoms with Crippen LogP contribution in [0.1, 0.15) is 39.6 Å². The zero-order valence-corrected chi connectivity index (χ0v) is 11.5. The summed E-state index contributed by atoms with van der Waals surface area (Å²) in [7, 11) is 1.14. The van der Waals surface area contributed by atoms with E-state index >= 15 is 0 Å². The standard InChI is InChI=1S/C12H11F2N3O5/c1-5(22-12(13)14)9-6(10(18)19)4-15-8-3-7(11(20)21-2)16-17(8)9/h3-5,12H,1-2H3,(H,18,19)/t5-/m0/s1. The Bertz CT molecular complexity index is 731. The Morgan fingerprint density at radius 2 is 2.09 bits per heavy atom. The average Bonchev–Trinajstić information content (AvgIpc) is 2.88. The van der Waals surface area contributed by atoms with Crippen LogP contribution in [0.5, 0.6) is 0 Å². The number of ether oxygens (including phenoxy) is 2. The predicted molar refractivity (Wildman–Crippen MR) is 66.8 cm³/mol. The Morgan fingerprint density at radius 3 is 2.64 bits per heavy atom. The number of alkyl halides is 2. The van der Waals surface area contributed by atoms with Gasteiger partial charge in [-0.1, -0.05) is 0 Å². The lowest BCUT2D eigenvalue weighted by molar-refractivity contribution is -0.161. The van der Waals surface area contributed by atoms with E-state index in [2.05, 4.69) is 19.6 Å². The Balaban J connectivity index is 2.66. The molecule has 0 bridgehead atoms. The summed E-state index contributed by atoms with van der Waals surface area (Å²) in [6, 6.07) is 1.25. The van der Waals surface area contributed by atoms with Gasteiger partial charge in [-0.25, -0.2) is 19.1 Å². The number of methoxy groups -OCH3 is 1. The third-order valence-corrected chi connectivity index (χ3v) is 2.84. The fourth-order valence-electron chi connectivity index (χ4n) is 1.93. The summed E-state index contributed by atoms with van der Waals surface area (Å²) in [4.78, 5) is 26.5. The molecule has 0 aliphatic carbocycles. The van der Waals surface area contributed by atoms with Gasteiger partial charge in [-0.2, -0.15) is 13.9 Å². The summed E-state index contributed by atoms with van der Waals surface area (Å²) in [5, 5.41) is 13.0. The minimum Gasteiger partial charge on any atom is -0.478 e. The zero-order chi connectivity index (χ0) is 16.4. The predicted octanol–water partition coefficient (Wildman–Crippen LogP) is 1.51. The van der Waals surface area contributed by atoms with E-state index < -0.39 is 24.7 Å². The first-order valence-corrected chi connectivity index (χ1v) is 5.99. The number of aromatic carboxylic acids is 1. The number of carbonyl (C=O) groups excluding carboxylic acids is 1. The minimum absolute atomic E-state index is 0.102. The van der Waals surface area contributed by atoms with E-state index in [9.17, 15) is 18.4 Å². The zero-order valence-electron chi connectivity index (χ0n) is 11.5. The van der Waals surface area contributed by atoms with Gasteiger partial charge in [0.25, 0.3) is 0 Å². The fourth-order valence-corrected chi connectivity index (χ4v) is 1.93. The molecule has 0 unspecified atom stereocenters. The normalized spacial score (nSPS) is 12.6. The second-order valence-corrected chi connectivity index (χ2v) is 4.19. The molecule has 8 nitrogen and oxygen atoms in total. The van der Waals surface area contributed by atoms with Gasteiger partial charge >= 0.3 is 18.6 Å². The van der Waals surface area contributed by atoms with Crippen LogP contribution in [0, 0.1) is 0 Å². The molecule has 1 atom stereocenters. The summed E-state index contributed by atoms with van der Waals surface area (Å²) < 4.78 is 34.6. The van der Waals surface area contributed by atoms with E-state index in [1.165, 1.54) is 13.0 Å². The van der Waals surface area contributed by atoms with E-state index in [0.29, 0.717) is 0 Å². The van der Waals surface area contributed by atoms with E-state index in [0.717, 1.165) is 17.8 Å². The van der Waals surface area contributed by atoms with Crippen molar-refractivity contribution in [1.29, 1.82) is 0 Å². The summed E-state index contributed by atoms with van der Waals surface area (Å²) in [6.45, 7) is -1.86. The molecule has 0 fully saturated rings. The smallest absolute Gasteiger partial charge is 0.358 e. The molecule has 22 heavy (non-hydrogen) atoms. The van der Waals surface area contributed by atoms with Gasteiger partial charge in [0.1, 0.15) is 11.7 Å². The highest BCUT2D eigenvalue weighted by atomic mass is 19.3. The number of carboxylic acids is 1. The first-order valence-electron chi connectivity index (χ1n) is 5.99. The molecule has 0 radical (unpaired) electrons. The number of rotatable bonds is 5. The number of nitrogens with zero attached hydrogens (tertiary/aromatic N) is 3. The van der Waals surface area contributed by atoms with Crippen LogP contribution in [-0.2, 0) is 9.47 Å². The molecular weight excluding hydrogens is 304 g/mol. The molecule has 2 rings (SSSR count). The highest BCUT2D eigenvalue weighted by Crippen LogP contribution is 2.24. The summed E-state index contributed by atoms with van der Waals surface area (Å²) in [5.41, 5.74) is -0.554. The lowest BCUT2D eigenvalue weighted by Gasteiger charge is -2.15. The van der Waals surface area contributed by atoms with Crippen molar-refractivity contribution >= 4 is 17.6 Å². The molecule has 2 heterocycles. The van der Waals surface area contributed by atoms with Gasteiger partial charge in [0.2, 0.25) is 0 Å². The van der Waals surface area contributed by atoms with E-state index in [1.807, 2.05) is 0 Å². The highest BCUT2D eigenvalue weighted by Gasteiger charge is 2.25. The van der Waals surface area contributed by atoms with Crippen LogP contribution in [0.4, 0.5) is 8.78 Å². The second-order valence-electron chi connectivity index (χ2n) is 4.19. The van der Waals surface area contributed by atoms with Crippen LogP contribution in [-0.4, -0.2) is 45.4 Å². The fraction of sp³-hybridized carbons (Fsp3) is 0.333. The van der Waals surface area contributed by atoms with Crippen LogP contribution in [0.3, 0.4) is 0 Å². The minimum atomic E-state index is -3.10. The number of hydrogen-bond acceptors (Lipinski definition) is 6. The van der Waals surface area contributed by atoms with Gasteiger partial charge < -0.3 is 14.6 Å². The number of carbonyl (C=O) groups is 2. The van der Waals surface area contributed by atoms with Crippen molar-refractivity contribution in [3.63, 3.8) is 0 Å². The van der Waals surface area contributed by atoms with Gasteiger partial charge in [0.05, 0.1) is 12.8 Å². The van der Waals surface area contributed by atoms with Crippen LogP contribution in [0.2, 0.25) is 0 Å². The molecule has 0 aromatic carbocycles. The molecule has 2 aromatic rings. The largest absolute Gasteiger partial charge is 0.478 e. The van der Waals surface area contributed by atoms with E-state index in [1.54, 1.807) is 0 Å². The number of fused-ring (bicyclic) bond motifs is 1. The Kier molecular flexibility index (Phi) is 4.31. The van der Waals surface area contributed by atoms with Crippen molar-refractivity contribution in [3.8, 4) is 0 Å². The number of esters is 1. The molecule has 0 saturated carbocycles. The molecule has 2 aromatic heterocycles. The lowest BCUT2D eigenvalue weighted by atomic mass is 10.1. The van der Waals surface area contributed by atoms with Crippen molar-refractivity contribution in [2.75, 3.05) is 7.11 Å². The maximum absolute atomic E-state index is 12.4. The number of halogens is 2. The highest BCUT2D eigenvalue weighted by molar-refractivity contribution is 5.90. The maximum atomic E-state index is 12.4. The molecule has 0 aliphatic heterocycles. The van der Waals surface area contributed by atoms with Crippen LogP contribution < -0.4 is 0 Å². The molecule has 0 spiro atoms. The third-order valence-electron chi connectivity index (χ3n) is 2.84. The molecular formula is C12H11F2N3O5. The van der Waals surface area contributed by atoms with Crippen molar-refractivity contribution in [2.45, 2.75) is 19.6 Å². The Labute approximate surface area is 122 Å². The first kappa shape index (κ1) is 15.8. The third kappa shape index (κ3) is 2.86. The van der Waals surface area contributed by atoms with Crippen LogP contribution in [0.15, 0.2) is 12.3 Å². The number of hydrogen-bond donors (Lipinski definition) is 1. The average molecular weight is 315 g/mol. The van der Waals surface area contributed by atoms with Gasteiger partial charge in [-0.05, 0) is 6.92 Å². The summed E-state index contributed by atoms with van der Waals surface area (Å²) >= 11 is 0. The number of aromatic nitrogens is 3. The van der Waals surface area contributed by atoms with E-state index in [-0.39, 0.29) is 22.6 Å². The van der Waals surface area contributed by atoms with Crippen molar-refractivity contribution in [2.24, 2.45) is 0 Å². The topological polar surface area (TPSA) is 103 Å². The monoisotopic (exact) mass is 315 g/mol. The van der Waals surface area contributed by atoms with Gasteiger partial charge in [0, 0.05) is 12.3 Å². The van der Waals surface area contributed by atoms with E-state index in [4.69, 9.17) is 5.11 Å².